The minimum Gasteiger partial charge on any atom is -0.384 e. The smallest absolute Gasteiger partial charge is 0.243 e. The fraction of sp³-hybridized carbons (Fsp3) is 0.700. The van der Waals surface area contributed by atoms with Gasteiger partial charge in [-0.2, -0.15) is 4.37 Å². The summed E-state index contributed by atoms with van der Waals surface area (Å²) in [4.78, 5) is 19.8. The van der Waals surface area contributed by atoms with Crippen LogP contribution in [-0.2, 0) is 16.0 Å². The Bertz CT molecular complexity index is 395. The number of likely N-dealkylation sites (N-methyl/N-ethyl adjacent to an activating group) is 1. The van der Waals surface area contributed by atoms with Crippen LogP contribution in [0.4, 0.5) is 5.13 Å². The third-order valence-corrected chi connectivity index (χ3v) is 3.47. The molecule has 0 unspecified atom stereocenters. The summed E-state index contributed by atoms with van der Waals surface area (Å²) in [6.07, 6.45) is 0.715. The average molecular weight is 256 g/mol. The molecule has 2 rings (SSSR count). The molecule has 1 amide bonds. The van der Waals surface area contributed by atoms with Crippen LogP contribution in [0, 0.1) is 0 Å². The number of carbonyl (C=O) groups excluding carboxylic acids is 1. The first-order valence-corrected chi connectivity index (χ1v) is 6.36. The third kappa shape index (κ3) is 2.73. The first-order chi connectivity index (χ1) is 8.24. The molecular formula is C10H16N4O2S. The van der Waals surface area contributed by atoms with Crippen LogP contribution in [0.1, 0.15) is 12.7 Å². The number of carbonyl (C=O) groups is 1. The third-order valence-electron chi connectivity index (χ3n) is 2.66. The summed E-state index contributed by atoms with van der Waals surface area (Å²) in [5.74, 6) is 0.940. The number of hydrogen-bond acceptors (Lipinski definition) is 6. The molecule has 6 nitrogen and oxygen atoms in total. The predicted octanol–water partition coefficient (Wildman–Crippen LogP) is 0.353. The second-order valence-corrected chi connectivity index (χ2v) is 4.56. The highest BCUT2D eigenvalue weighted by molar-refractivity contribution is 7.09. The Morgan fingerprint density at radius 2 is 2.35 bits per heavy atom. The fourth-order valence-electron chi connectivity index (χ4n) is 1.67. The lowest BCUT2D eigenvalue weighted by Crippen LogP contribution is -2.26. The topological polar surface area (TPSA) is 58.6 Å². The minimum atomic E-state index is 0.154. The maximum absolute atomic E-state index is 11.6. The summed E-state index contributed by atoms with van der Waals surface area (Å²) >= 11 is 1.34. The maximum atomic E-state index is 11.6. The fourth-order valence-corrected chi connectivity index (χ4v) is 2.37. The van der Waals surface area contributed by atoms with Crippen molar-refractivity contribution in [2.24, 2.45) is 0 Å². The first kappa shape index (κ1) is 12.3. The number of aromatic nitrogens is 2. The normalized spacial score (nSPS) is 16.0. The quantitative estimate of drug-likeness (QED) is 0.761. The highest BCUT2D eigenvalue weighted by Crippen LogP contribution is 2.21. The summed E-state index contributed by atoms with van der Waals surface area (Å²) in [6.45, 7) is 4.37. The van der Waals surface area contributed by atoms with Crippen LogP contribution >= 0.6 is 11.5 Å². The largest absolute Gasteiger partial charge is 0.384 e. The number of anilines is 1. The van der Waals surface area contributed by atoms with Gasteiger partial charge in [0.25, 0.3) is 0 Å². The van der Waals surface area contributed by atoms with Crippen molar-refractivity contribution >= 4 is 22.6 Å². The van der Waals surface area contributed by atoms with Crippen molar-refractivity contribution in [2.75, 3.05) is 38.4 Å². The molecule has 0 atom stereocenters. The van der Waals surface area contributed by atoms with Crippen molar-refractivity contribution in [3.05, 3.63) is 5.82 Å². The molecule has 1 aromatic heterocycles. The van der Waals surface area contributed by atoms with E-state index in [4.69, 9.17) is 4.74 Å². The van der Waals surface area contributed by atoms with Gasteiger partial charge in [-0.15, -0.1) is 0 Å². The molecule has 7 heteroatoms. The van der Waals surface area contributed by atoms with E-state index >= 15 is 0 Å². The average Bonchev–Trinajstić information content (AvgIpc) is 2.92. The molecule has 0 aromatic carbocycles. The van der Waals surface area contributed by atoms with E-state index in [1.54, 1.807) is 12.0 Å². The molecule has 17 heavy (non-hydrogen) atoms. The molecule has 0 spiro atoms. The maximum Gasteiger partial charge on any atom is 0.243 e. The SMILES string of the molecule is CCN1CN(c2nc(CCOC)ns2)CC1=O. The zero-order valence-electron chi connectivity index (χ0n) is 10.0. The summed E-state index contributed by atoms with van der Waals surface area (Å²) < 4.78 is 9.23. The van der Waals surface area contributed by atoms with Crippen molar-refractivity contribution in [3.8, 4) is 0 Å². The lowest BCUT2D eigenvalue weighted by Gasteiger charge is -2.14. The van der Waals surface area contributed by atoms with Gasteiger partial charge in [0.2, 0.25) is 11.0 Å². The van der Waals surface area contributed by atoms with Crippen LogP contribution < -0.4 is 4.90 Å². The zero-order valence-corrected chi connectivity index (χ0v) is 10.9. The number of nitrogens with zero attached hydrogens (tertiary/aromatic N) is 4. The Kier molecular flexibility index (Phi) is 3.90. The van der Waals surface area contributed by atoms with E-state index in [9.17, 15) is 4.79 Å². The van der Waals surface area contributed by atoms with Crippen molar-refractivity contribution in [2.45, 2.75) is 13.3 Å². The molecular weight excluding hydrogens is 240 g/mol. The van der Waals surface area contributed by atoms with E-state index < -0.39 is 0 Å². The van der Waals surface area contributed by atoms with Gasteiger partial charge < -0.3 is 14.5 Å². The first-order valence-electron chi connectivity index (χ1n) is 5.58. The molecule has 94 valence electrons. The molecule has 0 aliphatic carbocycles. The van der Waals surface area contributed by atoms with Crippen LogP contribution in [-0.4, -0.2) is 53.6 Å². The molecule has 1 aromatic rings. The molecule has 2 heterocycles. The van der Waals surface area contributed by atoms with E-state index in [-0.39, 0.29) is 5.91 Å². The predicted molar refractivity (Wildman–Crippen MR) is 65.1 cm³/mol. The summed E-state index contributed by atoms with van der Waals surface area (Å²) in [5.41, 5.74) is 0. The van der Waals surface area contributed by atoms with Gasteiger partial charge in [0.1, 0.15) is 12.4 Å². The molecule has 0 radical (unpaired) electrons. The van der Waals surface area contributed by atoms with Crippen LogP contribution in [0.25, 0.3) is 0 Å². The van der Waals surface area contributed by atoms with Crippen molar-refractivity contribution in [1.29, 1.82) is 0 Å². The van der Waals surface area contributed by atoms with Gasteiger partial charge in [0, 0.05) is 31.6 Å². The molecule has 1 aliphatic rings. The van der Waals surface area contributed by atoms with Gasteiger partial charge in [0.05, 0.1) is 13.3 Å². The van der Waals surface area contributed by atoms with Gasteiger partial charge in [-0.3, -0.25) is 4.79 Å². The van der Waals surface area contributed by atoms with Crippen molar-refractivity contribution in [3.63, 3.8) is 0 Å². The number of rotatable bonds is 5. The molecule has 1 saturated heterocycles. The molecule has 1 aliphatic heterocycles. The molecule has 1 fully saturated rings. The second kappa shape index (κ2) is 5.42. The lowest BCUT2D eigenvalue weighted by atomic mass is 10.4. The molecule has 0 saturated carbocycles. The zero-order chi connectivity index (χ0) is 12.3. The monoisotopic (exact) mass is 256 g/mol. The Morgan fingerprint density at radius 3 is 3.00 bits per heavy atom. The number of amides is 1. The van der Waals surface area contributed by atoms with Gasteiger partial charge >= 0.3 is 0 Å². The summed E-state index contributed by atoms with van der Waals surface area (Å²) in [7, 11) is 1.66. The second-order valence-electron chi connectivity index (χ2n) is 3.83. The highest BCUT2D eigenvalue weighted by Gasteiger charge is 2.28. The standard InChI is InChI=1S/C10H16N4O2S/c1-3-13-7-14(6-9(13)15)10-11-8(12-17-10)4-5-16-2/h3-7H2,1-2H3. The Morgan fingerprint density at radius 1 is 1.53 bits per heavy atom. The van der Waals surface area contributed by atoms with E-state index in [0.717, 1.165) is 17.5 Å². The molecule has 0 N–H and O–H groups in total. The summed E-state index contributed by atoms with van der Waals surface area (Å²) in [6, 6.07) is 0. The van der Waals surface area contributed by atoms with E-state index in [1.807, 2.05) is 11.8 Å². The lowest BCUT2D eigenvalue weighted by molar-refractivity contribution is -0.126. The van der Waals surface area contributed by atoms with Gasteiger partial charge in [-0.1, -0.05) is 0 Å². The van der Waals surface area contributed by atoms with Gasteiger partial charge in [-0.05, 0) is 6.92 Å². The highest BCUT2D eigenvalue weighted by atomic mass is 32.1. The summed E-state index contributed by atoms with van der Waals surface area (Å²) in [5, 5.41) is 0.820. The van der Waals surface area contributed by atoms with Gasteiger partial charge in [-0.25, -0.2) is 4.98 Å². The Labute approximate surface area is 104 Å². The van der Waals surface area contributed by atoms with E-state index in [0.29, 0.717) is 26.2 Å². The van der Waals surface area contributed by atoms with Crippen molar-refractivity contribution in [1.82, 2.24) is 14.3 Å². The Hall–Kier alpha value is -1.21. The molecule has 0 bridgehead atoms. The number of hydrogen-bond donors (Lipinski definition) is 0. The van der Waals surface area contributed by atoms with Crippen LogP contribution in [0.5, 0.6) is 0 Å². The number of ether oxygens (including phenoxy) is 1. The van der Waals surface area contributed by atoms with Gasteiger partial charge in [0.15, 0.2) is 0 Å². The minimum absolute atomic E-state index is 0.154. The Balaban J connectivity index is 1.99. The van der Waals surface area contributed by atoms with Crippen LogP contribution in [0.3, 0.4) is 0 Å². The van der Waals surface area contributed by atoms with E-state index in [2.05, 4.69) is 9.36 Å². The van der Waals surface area contributed by atoms with Crippen molar-refractivity contribution < 1.29 is 9.53 Å². The number of methoxy groups -OCH3 is 1. The van der Waals surface area contributed by atoms with Crippen LogP contribution in [0.15, 0.2) is 0 Å². The van der Waals surface area contributed by atoms with Crippen LogP contribution in [0.2, 0.25) is 0 Å². The van der Waals surface area contributed by atoms with E-state index in [1.165, 1.54) is 11.5 Å².